The molecule has 17 heavy (non-hydrogen) atoms. The molecule has 4 heteroatoms. The molecule has 1 aromatic rings. The van der Waals surface area contributed by atoms with Crippen LogP contribution in [0.1, 0.15) is 23.9 Å². The first-order valence-electron chi connectivity index (χ1n) is 5.73. The maximum Gasteiger partial charge on any atom is 0.196 e. The highest BCUT2D eigenvalue weighted by atomic mass is 16.5. The van der Waals surface area contributed by atoms with Gasteiger partial charge >= 0.3 is 0 Å². The van der Waals surface area contributed by atoms with Crippen molar-refractivity contribution in [1.29, 1.82) is 0 Å². The zero-order valence-corrected chi connectivity index (χ0v) is 10.2. The van der Waals surface area contributed by atoms with Crippen molar-refractivity contribution in [2.45, 2.75) is 13.3 Å². The number of ether oxygens (including phenoxy) is 1. The van der Waals surface area contributed by atoms with E-state index in [2.05, 4.69) is 11.0 Å². The third-order valence-electron chi connectivity index (χ3n) is 2.88. The Morgan fingerprint density at radius 3 is 2.88 bits per heavy atom. The smallest absolute Gasteiger partial charge is 0.196 e. The van der Waals surface area contributed by atoms with Gasteiger partial charge in [0.2, 0.25) is 0 Å². The Kier molecular flexibility index (Phi) is 3.64. The highest BCUT2D eigenvalue weighted by Crippen LogP contribution is 2.22. The number of anilines is 1. The number of furan rings is 1. The first-order chi connectivity index (χ1) is 8.20. The van der Waals surface area contributed by atoms with Gasteiger partial charge in [0.25, 0.3) is 0 Å². The second-order valence-electron chi connectivity index (χ2n) is 4.19. The van der Waals surface area contributed by atoms with E-state index < -0.39 is 0 Å². The second-order valence-corrected chi connectivity index (χ2v) is 4.19. The van der Waals surface area contributed by atoms with Crippen LogP contribution in [0.2, 0.25) is 0 Å². The molecule has 0 aliphatic carbocycles. The van der Waals surface area contributed by atoms with Gasteiger partial charge < -0.3 is 14.1 Å². The Hall–Kier alpha value is -1.55. The Balaban J connectivity index is 2.02. The highest BCUT2D eigenvalue weighted by molar-refractivity contribution is 5.91. The van der Waals surface area contributed by atoms with Crippen LogP contribution in [0.4, 0.5) is 5.88 Å². The largest absolute Gasteiger partial charge is 0.437 e. The van der Waals surface area contributed by atoms with Crippen molar-refractivity contribution in [3.8, 4) is 0 Å². The minimum Gasteiger partial charge on any atom is -0.437 e. The lowest BCUT2D eigenvalue weighted by Crippen LogP contribution is -2.28. The zero-order valence-electron chi connectivity index (χ0n) is 10.2. The molecule has 0 spiro atoms. The summed E-state index contributed by atoms with van der Waals surface area (Å²) in [7, 11) is 1.71. The number of ketones is 1. The molecule has 0 fully saturated rings. The number of carbonyl (C=O) groups excluding carboxylic acids is 1. The van der Waals surface area contributed by atoms with Crippen molar-refractivity contribution in [1.82, 2.24) is 0 Å². The lowest BCUT2D eigenvalue weighted by atomic mass is 10.1. The van der Waals surface area contributed by atoms with Crippen molar-refractivity contribution < 1.29 is 13.9 Å². The average molecular weight is 235 g/mol. The van der Waals surface area contributed by atoms with Gasteiger partial charge in [0.15, 0.2) is 17.4 Å². The third-order valence-corrected chi connectivity index (χ3v) is 2.88. The van der Waals surface area contributed by atoms with Crippen molar-refractivity contribution in [3.05, 3.63) is 29.5 Å². The van der Waals surface area contributed by atoms with Crippen molar-refractivity contribution in [2.75, 3.05) is 31.7 Å². The Bertz CT molecular complexity index is 434. The van der Waals surface area contributed by atoms with Crippen LogP contribution in [0.3, 0.4) is 0 Å². The van der Waals surface area contributed by atoms with Crippen LogP contribution in [0.15, 0.2) is 28.2 Å². The molecule has 0 saturated carbocycles. The summed E-state index contributed by atoms with van der Waals surface area (Å²) in [4.78, 5) is 13.3. The molecule has 1 aliphatic heterocycles. The van der Waals surface area contributed by atoms with Crippen molar-refractivity contribution in [3.63, 3.8) is 0 Å². The van der Waals surface area contributed by atoms with Crippen LogP contribution in [0, 0.1) is 0 Å². The van der Waals surface area contributed by atoms with E-state index in [-0.39, 0.29) is 5.78 Å². The third kappa shape index (κ3) is 2.77. The molecule has 2 heterocycles. The fraction of sp³-hybridized carbons (Fsp3) is 0.462. The average Bonchev–Trinajstić information content (AvgIpc) is 2.80. The molecule has 0 bridgehead atoms. The first-order valence-corrected chi connectivity index (χ1v) is 5.73. The van der Waals surface area contributed by atoms with Crippen LogP contribution in [0.25, 0.3) is 0 Å². The number of methoxy groups -OCH3 is 1. The fourth-order valence-corrected chi connectivity index (χ4v) is 1.91. The summed E-state index contributed by atoms with van der Waals surface area (Å²) in [6, 6.07) is 3.58. The second kappa shape index (κ2) is 5.19. The van der Waals surface area contributed by atoms with Gasteiger partial charge in [-0.15, -0.1) is 0 Å². The minimum absolute atomic E-state index is 0.0381. The van der Waals surface area contributed by atoms with E-state index in [1.165, 1.54) is 12.5 Å². The molecule has 1 aromatic heterocycles. The molecule has 0 aromatic carbocycles. The van der Waals surface area contributed by atoms with Gasteiger partial charge in [0.1, 0.15) is 0 Å². The summed E-state index contributed by atoms with van der Waals surface area (Å²) in [5, 5.41) is 0. The van der Waals surface area contributed by atoms with Gasteiger partial charge in [-0.05, 0) is 18.1 Å². The van der Waals surface area contributed by atoms with Gasteiger partial charge in [-0.25, -0.2) is 0 Å². The quantitative estimate of drug-likeness (QED) is 0.593. The molecule has 0 atom stereocenters. The summed E-state index contributed by atoms with van der Waals surface area (Å²) in [6.45, 7) is 3.92. The summed E-state index contributed by atoms with van der Waals surface area (Å²) in [5.74, 6) is 1.15. The highest BCUT2D eigenvalue weighted by Gasteiger charge is 2.16. The number of Topliss-reactive ketones (excluding diaryl/α,β-unsaturated/α-hetero) is 1. The number of nitrogens with zero attached hydrogens (tertiary/aromatic N) is 1. The molecular formula is C13H17NO3. The maximum absolute atomic E-state index is 11.1. The fourth-order valence-electron chi connectivity index (χ4n) is 1.91. The van der Waals surface area contributed by atoms with Gasteiger partial charge in [0.05, 0.1) is 6.61 Å². The van der Waals surface area contributed by atoms with E-state index in [4.69, 9.17) is 9.15 Å². The minimum atomic E-state index is -0.0381. The number of carbonyl (C=O) groups is 1. The molecular weight excluding hydrogens is 218 g/mol. The van der Waals surface area contributed by atoms with Crippen LogP contribution in [0.5, 0.6) is 0 Å². The standard InChI is InChI=1S/C13H17NO3/c1-10(15)12-3-4-13(17-12)14-7-5-11(6-8-14)9-16-2/h3-5H,6-9H2,1-2H3. The van der Waals surface area contributed by atoms with Crippen LogP contribution in [-0.2, 0) is 4.74 Å². The molecule has 0 unspecified atom stereocenters. The van der Waals surface area contributed by atoms with Crippen molar-refractivity contribution >= 4 is 11.7 Å². The Morgan fingerprint density at radius 2 is 2.35 bits per heavy atom. The number of hydrogen-bond acceptors (Lipinski definition) is 4. The van der Waals surface area contributed by atoms with Crippen LogP contribution < -0.4 is 4.90 Å². The van der Waals surface area contributed by atoms with Gasteiger partial charge in [-0.3, -0.25) is 4.79 Å². The molecule has 0 saturated heterocycles. The van der Waals surface area contributed by atoms with Gasteiger partial charge in [-0.1, -0.05) is 6.08 Å². The maximum atomic E-state index is 11.1. The SMILES string of the molecule is COCC1=CCN(c2ccc(C(C)=O)o2)CC1. The summed E-state index contributed by atoms with van der Waals surface area (Å²) in [6.07, 6.45) is 3.13. The van der Waals surface area contributed by atoms with Gasteiger partial charge in [0, 0.05) is 33.2 Å². The number of rotatable bonds is 4. The first kappa shape index (κ1) is 11.9. The van der Waals surface area contributed by atoms with E-state index >= 15 is 0 Å². The molecule has 0 amide bonds. The van der Waals surface area contributed by atoms with Crippen molar-refractivity contribution in [2.24, 2.45) is 0 Å². The van der Waals surface area contributed by atoms with E-state index in [0.717, 1.165) is 25.4 Å². The Morgan fingerprint density at radius 1 is 1.53 bits per heavy atom. The monoisotopic (exact) mass is 235 g/mol. The molecule has 4 nitrogen and oxygen atoms in total. The normalized spacial score (nSPS) is 15.9. The lowest BCUT2D eigenvalue weighted by molar-refractivity contribution is 0.0988. The van der Waals surface area contributed by atoms with Crippen LogP contribution >= 0.6 is 0 Å². The van der Waals surface area contributed by atoms with Gasteiger partial charge in [-0.2, -0.15) is 0 Å². The topological polar surface area (TPSA) is 42.7 Å². The lowest BCUT2D eigenvalue weighted by Gasteiger charge is -2.25. The summed E-state index contributed by atoms with van der Waals surface area (Å²) < 4.78 is 10.6. The predicted octanol–water partition coefficient (Wildman–Crippen LogP) is 2.27. The summed E-state index contributed by atoms with van der Waals surface area (Å²) in [5.41, 5.74) is 1.32. The number of hydrogen-bond donors (Lipinski definition) is 0. The molecule has 0 radical (unpaired) electrons. The molecule has 92 valence electrons. The Labute approximate surface area is 101 Å². The molecule has 0 N–H and O–H groups in total. The predicted molar refractivity (Wildman–Crippen MR) is 65.5 cm³/mol. The van der Waals surface area contributed by atoms with Crippen LogP contribution in [-0.4, -0.2) is 32.6 Å². The molecule has 1 aliphatic rings. The van der Waals surface area contributed by atoms with E-state index in [0.29, 0.717) is 12.4 Å². The molecule has 2 rings (SSSR count). The van der Waals surface area contributed by atoms with E-state index in [1.807, 2.05) is 6.07 Å². The zero-order chi connectivity index (χ0) is 12.3. The summed E-state index contributed by atoms with van der Waals surface area (Å²) >= 11 is 0. The van der Waals surface area contributed by atoms with E-state index in [9.17, 15) is 4.79 Å². The van der Waals surface area contributed by atoms with E-state index in [1.54, 1.807) is 13.2 Å².